The lowest BCUT2D eigenvalue weighted by Crippen LogP contribution is -2.22. The summed E-state index contributed by atoms with van der Waals surface area (Å²) in [6.07, 6.45) is 4.12. The van der Waals surface area contributed by atoms with Gasteiger partial charge in [-0.3, -0.25) is 9.59 Å². The third-order valence-electron chi connectivity index (χ3n) is 6.14. The number of aromatic nitrogens is 2. The molecule has 5 rings (SSSR count). The first-order chi connectivity index (χ1) is 16.1. The number of ether oxygens (including phenoxy) is 1. The van der Waals surface area contributed by atoms with Gasteiger partial charge >= 0.3 is 0 Å². The summed E-state index contributed by atoms with van der Waals surface area (Å²) in [6.45, 7) is 3.17. The lowest BCUT2D eigenvalue weighted by Gasteiger charge is -2.13. The zero-order valence-corrected chi connectivity index (χ0v) is 18.5. The molecule has 1 saturated heterocycles. The number of aryl methyl sites for hydroxylation is 1. The Kier molecular flexibility index (Phi) is 5.88. The van der Waals surface area contributed by atoms with Crippen LogP contribution >= 0.6 is 0 Å². The van der Waals surface area contributed by atoms with E-state index in [-0.39, 0.29) is 23.7 Å². The van der Waals surface area contributed by atoms with Crippen molar-refractivity contribution in [1.82, 2.24) is 9.97 Å². The number of hydrogen-bond acceptors (Lipinski definition) is 5. The molecule has 2 heterocycles. The van der Waals surface area contributed by atoms with Crippen LogP contribution in [0.3, 0.4) is 0 Å². The Balaban J connectivity index is 1.38. The van der Waals surface area contributed by atoms with E-state index >= 15 is 0 Å². The number of rotatable bonds is 6. The molecule has 2 aromatic carbocycles. The van der Waals surface area contributed by atoms with Gasteiger partial charge in [-0.25, -0.2) is 9.97 Å². The molecule has 1 aliphatic carbocycles. The largest absolute Gasteiger partial charge is 0.381 e. The molecule has 33 heavy (non-hydrogen) atoms. The molecule has 1 aliphatic heterocycles. The van der Waals surface area contributed by atoms with Crippen molar-refractivity contribution >= 4 is 23.3 Å². The van der Waals surface area contributed by atoms with Crippen LogP contribution in [0, 0.1) is 18.8 Å². The number of carbonyl (C=O) groups excluding carboxylic acids is 2. The Bertz CT molecular complexity index is 1200. The molecule has 7 nitrogen and oxygen atoms in total. The molecule has 2 N–H and O–H groups in total. The highest BCUT2D eigenvalue weighted by molar-refractivity contribution is 5.94. The van der Waals surface area contributed by atoms with Crippen LogP contribution in [0.2, 0.25) is 0 Å². The van der Waals surface area contributed by atoms with E-state index in [2.05, 4.69) is 33.6 Å². The number of hydrogen-bond donors (Lipinski definition) is 2. The first-order valence-corrected chi connectivity index (χ1v) is 11.3. The summed E-state index contributed by atoms with van der Waals surface area (Å²) in [4.78, 5) is 33.2. The molecule has 2 amide bonds. The predicted octanol–water partition coefficient (Wildman–Crippen LogP) is 4.44. The third kappa shape index (κ3) is 4.93. The highest BCUT2D eigenvalue weighted by Crippen LogP contribution is 2.32. The van der Waals surface area contributed by atoms with Crippen molar-refractivity contribution in [3.05, 3.63) is 60.4 Å². The van der Waals surface area contributed by atoms with Gasteiger partial charge in [0.25, 0.3) is 0 Å². The molecule has 7 heteroatoms. The van der Waals surface area contributed by atoms with Crippen LogP contribution in [0.5, 0.6) is 0 Å². The maximum absolute atomic E-state index is 12.5. The summed E-state index contributed by atoms with van der Waals surface area (Å²) in [6, 6.07) is 15.8. The predicted molar refractivity (Wildman–Crippen MR) is 127 cm³/mol. The second-order valence-corrected chi connectivity index (χ2v) is 8.71. The number of nitrogens with zero attached hydrogens (tertiary/aromatic N) is 2. The smallest absolute Gasteiger partial charge is 0.229 e. The van der Waals surface area contributed by atoms with E-state index in [1.807, 2.05) is 36.4 Å². The summed E-state index contributed by atoms with van der Waals surface area (Å²) >= 11 is 0. The minimum absolute atomic E-state index is 0.00202. The normalized spacial score (nSPS) is 17.5. The SMILES string of the molecule is Cc1ccc(NC(=O)C2CCOC2)cc1-c1cccc(-c2cc(NC(=O)C3CC3)ncn2)c1. The van der Waals surface area contributed by atoms with Crippen molar-refractivity contribution in [2.75, 3.05) is 23.8 Å². The van der Waals surface area contributed by atoms with Crippen molar-refractivity contribution in [2.24, 2.45) is 11.8 Å². The van der Waals surface area contributed by atoms with Gasteiger partial charge in [0, 0.05) is 29.8 Å². The lowest BCUT2D eigenvalue weighted by atomic mass is 9.97. The molecule has 2 aliphatic rings. The highest BCUT2D eigenvalue weighted by Gasteiger charge is 2.29. The van der Waals surface area contributed by atoms with Gasteiger partial charge in [0.2, 0.25) is 11.8 Å². The molecule has 2 fully saturated rings. The van der Waals surface area contributed by atoms with Gasteiger partial charge in [0.05, 0.1) is 18.2 Å². The molecular weight excluding hydrogens is 416 g/mol. The average Bonchev–Trinajstić information content (AvgIpc) is 3.54. The minimum Gasteiger partial charge on any atom is -0.381 e. The zero-order chi connectivity index (χ0) is 22.8. The lowest BCUT2D eigenvalue weighted by molar-refractivity contribution is -0.120. The van der Waals surface area contributed by atoms with Crippen LogP contribution < -0.4 is 10.6 Å². The fourth-order valence-electron chi connectivity index (χ4n) is 4.00. The van der Waals surface area contributed by atoms with Crippen LogP contribution in [0.1, 0.15) is 24.8 Å². The number of benzene rings is 2. The Labute approximate surface area is 192 Å². The van der Waals surface area contributed by atoms with Crippen molar-refractivity contribution < 1.29 is 14.3 Å². The summed E-state index contributed by atoms with van der Waals surface area (Å²) in [5.41, 5.74) is 5.59. The summed E-state index contributed by atoms with van der Waals surface area (Å²) in [5.74, 6) is 0.554. The maximum atomic E-state index is 12.5. The number of nitrogens with one attached hydrogen (secondary N) is 2. The highest BCUT2D eigenvalue weighted by atomic mass is 16.5. The molecule has 1 aromatic heterocycles. The summed E-state index contributed by atoms with van der Waals surface area (Å²) in [7, 11) is 0. The molecule has 1 unspecified atom stereocenters. The van der Waals surface area contributed by atoms with E-state index in [4.69, 9.17) is 4.74 Å². The van der Waals surface area contributed by atoms with Crippen LogP contribution in [0.15, 0.2) is 54.9 Å². The van der Waals surface area contributed by atoms with E-state index in [9.17, 15) is 9.59 Å². The minimum atomic E-state index is -0.0922. The first kappa shape index (κ1) is 21.3. The molecule has 0 spiro atoms. The van der Waals surface area contributed by atoms with E-state index in [0.29, 0.717) is 19.0 Å². The Morgan fingerprint density at radius 2 is 1.73 bits per heavy atom. The molecule has 0 radical (unpaired) electrons. The molecular formula is C26H26N4O3. The summed E-state index contributed by atoms with van der Waals surface area (Å²) < 4.78 is 5.33. The van der Waals surface area contributed by atoms with Crippen molar-refractivity contribution in [1.29, 1.82) is 0 Å². The van der Waals surface area contributed by atoms with Gasteiger partial charge in [0.15, 0.2) is 0 Å². The van der Waals surface area contributed by atoms with Crippen LogP contribution in [0.4, 0.5) is 11.5 Å². The maximum Gasteiger partial charge on any atom is 0.229 e. The zero-order valence-electron chi connectivity index (χ0n) is 18.5. The van der Waals surface area contributed by atoms with Crippen molar-refractivity contribution in [2.45, 2.75) is 26.2 Å². The fourth-order valence-corrected chi connectivity index (χ4v) is 4.00. The molecule has 168 valence electrons. The second-order valence-electron chi connectivity index (χ2n) is 8.71. The quantitative estimate of drug-likeness (QED) is 0.589. The third-order valence-corrected chi connectivity index (χ3v) is 6.14. The summed E-state index contributed by atoms with van der Waals surface area (Å²) in [5, 5.41) is 5.91. The molecule has 0 bridgehead atoms. The fraction of sp³-hybridized carbons (Fsp3) is 0.308. The first-order valence-electron chi connectivity index (χ1n) is 11.3. The molecule has 1 atom stereocenters. The Morgan fingerprint density at radius 1 is 0.909 bits per heavy atom. The number of amides is 2. The Hall–Kier alpha value is -3.58. The van der Waals surface area contributed by atoms with Crippen LogP contribution in [-0.2, 0) is 14.3 Å². The van der Waals surface area contributed by atoms with E-state index in [1.54, 1.807) is 6.07 Å². The van der Waals surface area contributed by atoms with Gasteiger partial charge in [-0.15, -0.1) is 0 Å². The van der Waals surface area contributed by atoms with Gasteiger partial charge in [0.1, 0.15) is 12.1 Å². The van der Waals surface area contributed by atoms with Crippen LogP contribution in [-0.4, -0.2) is 35.0 Å². The van der Waals surface area contributed by atoms with Crippen molar-refractivity contribution in [3.63, 3.8) is 0 Å². The van der Waals surface area contributed by atoms with Gasteiger partial charge in [-0.1, -0.05) is 24.3 Å². The van der Waals surface area contributed by atoms with Gasteiger partial charge in [-0.2, -0.15) is 0 Å². The van der Waals surface area contributed by atoms with E-state index in [0.717, 1.165) is 52.9 Å². The topological polar surface area (TPSA) is 93.2 Å². The monoisotopic (exact) mass is 442 g/mol. The molecule has 3 aromatic rings. The Morgan fingerprint density at radius 3 is 2.52 bits per heavy atom. The number of anilines is 2. The van der Waals surface area contributed by atoms with E-state index in [1.165, 1.54) is 6.33 Å². The average molecular weight is 443 g/mol. The second kappa shape index (κ2) is 9.11. The van der Waals surface area contributed by atoms with Crippen molar-refractivity contribution in [3.8, 4) is 22.4 Å². The molecule has 1 saturated carbocycles. The van der Waals surface area contributed by atoms with Gasteiger partial charge in [-0.05, 0) is 61.1 Å². The van der Waals surface area contributed by atoms with Gasteiger partial charge < -0.3 is 15.4 Å². The number of carbonyl (C=O) groups is 2. The van der Waals surface area contributed by atoms with E-state index < -0.39 is 0 Å². The van der Waals surface area contributed by atoms with Crippen LogP contribution in [0.25, 0.3) is 22.4 Å². The standard InChI is InChI=1S/C26H26N4O3/c1-16-5-8-21(29-26(32)20-9-10-33-14-20)12-22(16)18-3-2-4-19(11-18)23-13-24(28-15-27-23)30-25(31)17-6-7-17/h2-5,8,11-13,15,17,20H,6-7,9-10,14H2,1H3,(H,29,32)(H,27,28,30,31).